The number of aryl methyl sites for hydroxylation is 1. The van der Waals surface area contributed by atoms with Crippen molar-refractivity contribution < 1.29 is 4.79 Å². The van der Waals surface area contributed by atoms with Gasteiger partial charge in [0, 0.05) is 31.4 Å². The lowest BCUT2D eigenvalue weighted by molar-refractivity contribution is 0.0939. The highest BCUT2D eigenvalue weighted by Gasteiger charge is 2.26. The Morgan fingerprint density at radius 1 is 1.13 bits per heavy atom. The molecule has 168 valence electrons. The van der Waals surface area contributed by atoms with Gasteiger partial charge >= 0.3 is 0 Å². The number of rotatable bonds is 7. The summed E-state index contributed by atoms with van der Waals surface area (Å²) in [7, 11) is 0. The summed E-state index contributed by atoms with van der Waals surface area (Å²) in [5.41, 5.74) is 7.44. The van der Waals surface area contributed by atoms with E-state index in [2.05, 4.69) is 59.8 Å². The van der Waals surface area contributed by atoms with Gasteiger partial charge in [-0.3, -0.25) is 4.79 Å². The Bertz CT molecular complexity index is 913. The molecule has 2 heterocycles. The molecule has 1 atom stereocenters. The third-order valence-corrected chi connectivity index (χ3v) is 7.33. The van der Waals surface area contributed by atoms with E-state index in [1.807, 2.05) is 0 Å². The van der Waals surface area contributed by atoms with Crippen molar-refractivity contribution in [3.63, 3.8) is 0 Å². The highest BCUT2D eigenvalue weighted by atomic mass is 16.1. The number of aromatic nitrogens is 1. The molecule has 0 radical (unpaired) electrons. The van der Waals surface area contributed by atoms with Gasteiger partial charge in [-0.15, -0.1) is 0 Å². The summed E-state index contributed by atoms with van der Waals surface area (Å²) in [5.74, 6) is 0.103. The van der Waals surface area contributed by atoms with Crippen molar-refractivity contribution in [2.45, 2.75) is 84.7 Å². The molecule has 4 rings (SSSR count). The fourth-order valence-electron chi connectivity index (χ4n) is 5.59. The number of amides is 1. The van der Waals surface area contributed by atoms with Crippen LogP contribution in [0.3, 0.4) is 0 Å². The lowest BCUT2D eigenvalue weighted by atomic mass is 9.95. The van der Waals surface area contributed by atoms with Crippen molar-refractivity contribution in [3.05, 3.63) is 57.9 Å². The van der Waals surface area contributed by atoms with E-state index in [4.69, 9.17) is 0 Å². The van der Waals surface area contributed by atoms with E-state index in [-0.39, 0.29) is 5.91 Å². The van der Waals surface area contributed by atoms with Crippen LogP contribution in [0.1, 0.15) is 83.9 Å². The van der Waals surface area contributed by atoms with Gasteiger partial charge in [-0.2, -0.15) is 0 Å². The second-order valence-electron chi connectivity index (χ2n) is 9.67. The van der Waals surface area contributed by atoms with Crippen molar-refractivity contribution in [2.24, 2.45) is 0 Å². The Morgan fingerprint density at radius 3 is 2.77 bits per heavy atom. The number of carbonyl (C=O) groups is 1. The molecule has 0 spiro atoms. The Morgan fingerprint density at radius 2 is 1.97 bits per heavy atom. The number of fused-ring (bicyclic) bond motifs is 1. The molecule has 0 unspecified atom stereocenters. The molecule has 31 heavy (non-hydrogen) atoms. The molecular weight excluding hydrogens is 382 g/mol. The van der Waals surface area contributed by atoms with Crippen LogP contribution >= 0.6 is 0 Å². The Balaban J connectivity index is 1.47. The minimum Gasteiger partial charge on any atom is -0.351 e. The van der Waals surface area contributed by atoms with E-state index in [9.17, 15) is 4.79 Å². The molecule has 4 nitrogen and oxygen atoms in total. The first-order valence-electron chi connectivity index (χ1n) is 12.3. The number of hydrogen-bond acceptors (Lipinski definition) is 2. The summed E-state index contributed by atoms with van der Waals surface area (Å²) in [6.45, 7) is 10.5. The Labute approximate surface area is 188 Å². The molecule has 0 saturated carbocycles. The van der Waals surface area contributed by atoms with Crippen molar-refractivity contribution in [3.8, 4) is 0 Å². The van der Waals surface area contributed by atoms with Crippen LogP contribution in [0.4, 0.5) is 0 Å². The molecule has 4 heteroatoms. The first-order chi connectivity index (χ1) is 15.0. The molecule has 1 N–H and O–H groups in total. The zero-order valence-electron chi connectivity index (χ0n) is 19.7. The molecule has 2 aromatic rings. The molecule has 1 fully saturated rings. The quantitative estimate of drug-likeness (QED) is 0.637. The van der Waals surface area contributed by atoms with Crippen LogP contribution in [-0.4, -0.2) is 41.1 Å². The van der Waals surface area contributed by atoms with Gasteiger partial charge in [-0.25, -0.2) is 0 Å². The molecular formula is C27H39N3O. The van der Waals surface area contributed by atoms with Gasteiger partial charge < -0.3 is 14.8 Å². The number of piperidine rings is 1. The smallest absolute Gasteiger partial charge is 0.268 e. The summed E-state index contributed by atoms with van der Waals surface area (Å²) in [6, 6.07) is 9.36. The molecule has 2 aliphatic rings. The second-order valence-corrected chi connectivity index (χ2v) is 9.67. The fraction of sp³-hybridized carbons (Fsp3) is 0.593. The lowest BCUT2D eigenvalue weighted by Crippen LogP contribution is -2.39. The van der Waals surface area contributed by atoms with E-state index in [0.29, 0.717) is 6.04 Å². The van der Waals surface area contributed by atoms with Gasteiger partial charge in [0.15, 0.2) is 0 Å². The minimum absolute atomic E-state index is 0.103. The van der Waals surface area contributed by atoms with E-state index >= 15 is 0 Å². The van der Waals surface area contributed by atoms with E-state index in [0.717, 1.165) is 44.6 Å². The van der Waals surface area contributed by atoms with Crippen molar-refractivity contribution >= 4 is 5.91 Å². The average molecular weight is 422 g/mol. The molecule has 0 bridgehead atoms. The van der Waals surface area contributed by atoms with Gasteiger partial charge in [0.2, 0.25) is 0 Å². The molecule has 1 aromatic heterocycles. The number of benzene rings is 1. The van der Waals surface area contributed by atoms with Gasteiger partial charge in [-0.1, -0.05) is 36.2 Å². The summed E-state index contributed by atoms with van der Waals surface area (Å²) in [4.78, 5) is 15.9. The summed E-state index contributed by atoms with van der Waals surface area (Å²) < 4.78 is 2.32. The predicted octanol–water partition coefficient (Wildman–Crippen LogP) is 5.03. The molecule has 1 aliphatic heterocycles. The van der Waals surface area contributed by atoms with Crippen LogP contribution in [0.15, 0.2) is 24.3 Å². The monoisotopic (exact) mass is 421 g/mol. The maximum absolute atomic E-state index is 13.3. The third-order valence-electron chi connectivity index (χ3n) is 7.33. The highest BCUT2D eigenvalue weighted by Crippen LogP contribution is 2.30. The second kappa shape index (κ2) is 10.0. The zero-order chi connectivity index (χ0) is 21.8. The number of carbonyl (C=O) groups excluding carboxylic acids is 1. The van der Waals surface area contributed by atoms with E-state index < -0.39 is 0 Å². The van der Waals surface area contributed by atoms with Crippen LogP contribution in [0, 0.1) is 13.8 Å². The Kier molecular flexibility index (Phi) is 7.16. The number of hydrogen-bond donors (Lipinski definition) is 1. The van der Waals surface area contributed by atoms with Gasteiger partial charge in [0.1, 0.15) is 5.69 Å². The average Bonchev–Trinajstić information content (AvgIpc) is 3.04. The number of likely N-dealkylation sites (tertiary alicyclic amines) is 1. The normalized spacial score (nSPS) is 19.3. The largest absolute Gasteiger partial charge is 0.351 e. The molecule has 1 saturated heterocycles. The topological polar surface area (TPSA) is 37.3 Å². The standard InChI is InChI=1S/C27H39N3O/c1-20-10-8-12-23(18-20)19-30-25-14-5-4-13-24(25)22(3)26(30)27(31)28-15-9-17-29-16-7-6-11-21(29)2/h8,10,12,18,21H,4-7,9,11,13-17,19H2,1-3H3,(H,28,31)/t21-/m0/s1. The summed E-state index contributed by atoms with van der Waals surface area (Å²) in [5, 5.41) is 3.25. The predicted molar refractivity (Wildman–Crippen MR) is 128 cm³/mol. The van der Waals surface area contributed by atoms with Crippen LogP contribution in [-0.2, 0) is 19.4 Å². The fourth-order valence-corrected chi connectivity index (χ4v) is 5.59. The third kappa shape index (κ3) is 5.06. The van der Waals surface area contributed by atoms with Crippen LogP contribution < -0.4 is 5.32 Å². The first kappa shape index (κ1) is 22.1. The molecule has 1 aromatic carbocycles. The highest BCUT2D eigenvalue weighted by molar-refractivity contribution is 5.95. The number of nitrogens with zero attached hydrogens (tertiary/aromatic N) is 2. The number of nitrogens with one attached hydrogen (secondary N) is 1. The van der Waals surface area contributed by atoms with Gasteiger partial charge in [0.25, 0.3) is 5.91 Å². The van der Waals surface area contributed by atoms with Gasteiger partial charge in [0.05, 0.1) is 0 Å². The van der Waals surface area contributed by atoms with Crippen LogP contribution in [0.5, 0.6) is 0 Å². The van der Waals surface area contributed by atoms with Crippen molar-refractivity contribution in [1.29, 1.82) is 0 Å². The van der Waals surface area contributed by atoms with Crippen LogP contribution in [0.2, 0.25) is 0 Å². The lowest BCUT2D eigenvalue weighted by Gasteiger charge is -2.33. The summed E-state index contributed by atoms with van der Waals surface area (Å²) in [6.07, 6.45) is 9.65. The SMILES string of the molecule is Cc1cccc(Cn2c3c(c(C)c2C(=O)NCCCN2CCCC[C@@H]2C)CCCC3)c1. The maximum atomic E-state index is 13.3. The van der Waals surface area contributed by atoms with E-state index in [1.54, 1.807) is 0 Å². The molecule has 1 amide bonds. The van der Waals surface area contributed by atoms with E-state index in [1.165, 1.54) is 66.6 Å². The van der Waals surface area contributed by atoms with Crippen LogP contribution in [0.25, 0.3) is 0 Å². The maximum Gasteiger partial charge on any atom is 0.268 e. The van der Waals surface area contributed by atoms with Crippen molar-refractivity contribution in [1.82, 2.24) is 14.8 Å². The first-order valence-corrected chi connectivity index (χ1v) is 12.3. The Hall–Kier alpha value is -2.07. The van der Waals surface area contributed by atoms with Gasteiger partial charge in [-0.05, 0) is 89.0 Å². The van der Waals surface area contributed by atoms with Crippen molar-refractivity contribution in [2.75, 3.05) is 19.6 Å². The summed E-state index contributed by atoms with van der Waals surface area (Å²) >= 11 is 0. The zero-order valence-corrected chi connectivity index (χ0v) is 19.7. The minimum atomic E-state index is 0.103. The molecule has 1 aliphatic carbocycles.